The molecule has 2 aromatic rings. The van der Waals surface area contributed by atoms with Gasteiger partial charge < -0.3 is 4.42 Å². The maximum absolute atomic E-state index is 9.67. The highest BCUT2D eigenvalue weighted by atomic mass is 32.2. The van der Waals surface area contributed by atoms with Crippen molar-refractivity contribution in [3.05, 3.63) is 47.9 Å². The van der Waals surface area contributed by atoms with Crippen LogP contribution in [0.25, 0.3) is 0 Å². The van der Waals surface area contributed by atoms with Crippen molar-refractivity contribution in [1.29, 1.82) is 5.26 Å². The molecular weight excluding hydrogens is 270 g/mol. The van der Waals surface area contributed by atoms with Crippen LogP contribution < -0.4 is 5.32 Å². The molecule has 1 atom stereocenters. The van der Waals surface area contributed by atoms with Crippen LogP contribution in [-0.2, 0) is 5.54 Å². The Kier molecular flexibility index (Phi) is 4.83. The van der Waals surface area contributed by atoms with E-state index in [-0.39, 0.29) is 0 Å². The van der Waals surface area contributed by atoms with E-state index >= 15 is 0 Å². The minimum atomic E-state index is -0.733. The molecule has 0 aliphatic rings. The number of thioether (sulfide) groups is 1. The maximum Gasteiger partial charge on any atom is 0.255 e. The number of nitrogens with zero attached hydrogens (tertiary/aromatic N) is 2. The van der Waals surface area contributed by atoms with Crippen LogP contribution in [0, 0.1) is 18.3 Å². The van der Waals surface area contributed by atoms with Gasteiger partial charge >= 0.3 is 0 Å². The van der Waals surface area contributed by atoms with E-state index in [1.807, 2.05) is 44.2 Å². The largest absolute Gasteiger partial charge is 0.440 e. The van der Waals surface area contributed by atoms with Crippen LogP contribution in [0.1, 0.15) is 18.2 Å². The smallest absolute Gasteiger partial charge is 0.255 e. The molecule has 1 unspecified atom stereocenters. The number of aryl methyl sites for hydroxylation is 1. The van der Waals surface area contributed by atoms with E-state index in [0.29, 0.717) is 17.5 Å². The molecule has 1 aromatic carbocycles. The molecule has 20 heavy (non-hydrogen) atoms. The van der Waals surface area contributed by atoms with Crippen LogP contribution in [0.5, 0.6) is 0 Å². The first-order valence-electron chi connectivity index (χ1n) is 6.47. The van der Waals surface area contributed by atoms with E-state index < -0.39 is 5.54 Å². The Morgan fingerprint density at radius 3 is 2.70 bits per heavy atom. The van der Waals surface area contributed by atoms with Gasteiger partial charge in [-0.3, -0.25) is 5.32 Å². The average molecular weight is 287 g/mol. The summed E-state index contributed by atoms with van der Waals surface area (Å²) in [4.78, 5) is 4.26. The first-order valence-corrected chi connectivity index (χ1v) is 7.45. The van der Waals surface area contributed by atoms with Crippen LogP contribution in [0.4, 0.5) is 0 Å². The normalized spacial score (nSPS) is 13.7. The first-order chi connectivity index (χ1) is 9.70. The zero-order valence-electron chi connectivity index (χ0n) is 11.6. The number of rotatable bonds is 6. The van der Waals surface area contributed by atoms with Crippen LogP contribution >= 0.6 is 11.8 Å². The predicted octanol–water partition coefficient (Wildman–Crippen LogP) is 3.10. The third kappa shape index (κ3) is 3.21. The van der Waals surface area contributed by atoms with E-state index in [1.54, 1.807) is 6.26 Å². The lowest BCUT2D eigenvalue weighted by atomic mass is 9.93. The van der Waals surface area contributed by atoms with E-state index in [4.69, 9.17) is 4.42 Å². The molecule has 0 saturated carbocycles. The number of hydrogen-bond acceptors (Lipinski definition) is 5. The van der Waals surface area contributed by atoms with Gasteiger partial charge in [-0.15, -0.1) is 0 Å². The molecule has 1 N–H and O–H groups in total. The summed E-state index contributed by atoms with van der Waals surface area (Å²) in [5.74, 6) is 0.543. The molecule has 104 valence electrons. The Morgan fingerprint density at radius 1 is 1.40 bits per heavy atom. The van der Waals surface area contributed by atoms with Gasteiger partial charge in [0.2, 0.25) is 0 Å². The van der Waals surface area contributed by atoms with Crippen LogP contribution in [0.3, 0.4) is 0 Å². The van der Waals surface area contributed by atoms with Gasteiger partial charge in [-0.1, -0.05) is 49.0 Å². The highest BCUT2D eigenvalue weighted by Crippen LogP contribution is 2.29. The molecular formula is C15H17N3OS. The van der Waals surface area contributed by atoms with Crippen molar-refractivity contribution in [2.24, 2.45) is 0 Å². The number of aromatic nitrogens is 1. The molecule has 1 aromatic heterocycles. The number of oxazole rings is 1. The summed E-state index contributed by atoms with van der Waals surface area (Å²) in [6.45, 7) is 4.59. The Morgan fingerprint density at radius 2 is 2.15 bits per heavy atom. The molecule has 2 rings (SSSR count). The molecule has 4 nitrogen and oxygen atoms in total. The van der Waals surface area contributed by atoms with Gasteiger partial charge in [-0.05, 0) is 19.0 Å². The zero-order chi connectivity index (χ0) is 14.4. The van der Waals surface area contributed by atoms with Crippen molar-refractivity contribution in [2.75, 3.05) is 12.3 Å². The second-order valence-electron chi connectivity index (χ2n) is 4.46. The summed E-state index contributed by atoms with van der Waals surface area (Å²) in [6.07, 6.45) is 1.62. The van der Waals surface area contributed by atoms with Gasteiger partial charge in [-0.25, -0.2) is 4.98 Å². The van der Waals surface area contributed by atoms with Gasteiger partial charge in [0.25, 0.3) is 5.22 Å². The maximum atomic E-state index is 9.67. The van der Waals surface area contributed by atoms with Gasteiger partial charge in [0.1, 0.15) is 11.8 Å². The molecule has 5 heteroatoms. The van der Waals surface area contributed by atoms with Gasteiger partial charge in [0.15, 0.2) is 0 Å². The lowest BCUT2D eigenvalue weighted by Crippen LogP contribution is -2.43. The van der Waals surface area contributed by atoms with Crippen LogP contribution in [0.15, 0.2) is 46.2 Å². The van der Waals surface area contributed by atoms with Gasteiger partial charge in [0, 0.05) is 5.75 Å². The molecule has 0 saturated heterocycles. The Hall–Kier alpha value is -1.77. The van der Waals surface area contributed by atoms with Crippen LogP contribution in [0.2, 0.25) is 0 Å². The third-order valence-electron chi connectivity index (χ3n) is 2.95. The molecule has 0 aliphatic carbocycles. The number of nitriles is 1. The Bertz CT molecular complexity index is 591. The summed E-state index contributed by atoms with van der Waals surface area (Å²) in [7, 11) is 0. The van der Waals surface area contributed by atoms with Gasteiger partial charge in [-0.2, -0.15) is 5.26 Å². The standard InChI is InChI=1S/C15H17N3OS/c1-3-17-15(10-16,13-7-5-4-6-8-13)11-20-14-18-12(2)9-19-14/h4-9,17H,3,11H2,1-2H3. The summed E-state index contributed by atoms with van der Waals surface area (Å²) < 4.78 is 5.33. The topological polar surface area (TPSA) is 61.9 Å². The minimum Gasteiger partial charge on any atom is -0.440 e. The zero-order valence-corrected chi connectivity index (χ0v) is 12.4. The molecule has 0 aliphatic heterocycles. The predicted molar refractivity (Wildman–Crippen MR) is 79.4 cm³/mol. The number of hydrogen-bond donors (Lipinski definition) is 1. The van der Waals surface area contributed by atoms with E-state index in [2.05, 4.69) is 16.4 Å². The summed E-state index contributed by atoms with van der Waals surface area (Å²) >= 11 is 1.44. The molecule has 0 spiro atoms. The molecule has 0 bridgehead atoms. The molecule has 0 amide bonds. The number of nitrogens with one attached hydrogen (secondary N) is 1. The second kappa shape index (κ2) is 6.60. The van der Waals surface area contributed by atoms with Crippen molar-refractivity contribution in [2.45, 2.75) is 24.6 Å². The molecule has 0 radical (unpaired) electrons. The van der Waals surface area contributed by atoms with E-state index in [0.717, 1.165) is 11.3 Å². The van der Waals surface area contributed by atoms with Crippen molar-refractivity contribution < 1.29 is 4.42 Å². The fourth-order valence-corrected chi connectivity index (χ4v) is 2.96. The second-order valence-corrected chi connectivity index (χ2v) is 5.38. The first kappa shape index (κ1) is 14.6. The lowest BCUT2D eigenvalue weighted by Gasteiger charge is -2.27. The van der Waals surface area contributed by atoms with Crippen molar-refractivity contribution in [1.82, 2.24) is 10.3 Å². The molecule has 0 fully saturated rings. The van der Waals surface area contributed by atoms with Crippen molar-refractivity contribution >= 4 is 11.8 Å². The van der Waals surface area contributed by atoms with Crippen molar-refractivity contribution in [3.8, 4) is 6.07 Å². The van der Waals surface area contributed by atoms with Crippen molar-refractivity contribution in [3.63, 3.8) is 0 Å². The third-order valence-corrected chi connectivity index (χ3v) is 3.96. The highest BCUT2D eigenvalue weighted by molar-refractivity contribution is 7.99. The van der Waals surface area contributed by atoms with E-state index in [1.165, 1.54) is 11.8 Å². The SMILES string of the molecule is CCNC(C#N)(CSc1nc(C)co1)c1ccccc1. The number of benzene rings is 1. The Labute approximate surface area is 123 Å². The fraction of sp³-hybridized carbons (Fsp3) is 0.333. The summed E-state index contributed by atoms with van der Waals surface area (Å²) in [5.41, 5.74) is 1.07. The minimum absolute atomic E-state index is 0.543. The fourth-order valence-electron chi connectivity index (χ4n) is 1.97. The summed E-state index contributed by atoms with van der Waals surface area (Å²) in [6, 6.07) is 12.2. The summed E-state index contributed by atoms with van der Waals surface area (Å²) in [5, 5.41) is 13.5. The highest BCUT2D eigenvalue weighted by Gasteiger charge is 2.32. The quantitative estimate of drug-likeness (QED) is 0.827. The Balaban J connectivity index is 2.21. The van der Waals surface area contributed by atoms with E-state index in [9.17, 15) is 5.26 Å². The average Bonchev–Trinajstić information content (AvgIpc) is 2.90. The lowest BCUT2D eigenvalue weighted by molar-refractivity contribution is 0.448. The monoisotopic (exact) mass is 287 g/mol. The van der Waals surface area contributed by atoms with Crippen LogP contribution in [-0.4, -0.2) is 17.3 Å². The molecule has 1 heterocycles. The van der Waals surface area contributed by atoms with Gasteiger partial charge in [0.05, 0.1) is 11.8 Å².